The molecule has 8 heavy (non-hydrogen) atoms. The van der Waals surface area contributed by atoms with Crippen LogP contribution >= 0.6 is 0 Å². The standard InChI is InChI=1S/C4H9.2O.Sn.Ti/c1-3-4-2;;;;/h1,3-4H2,2H3;;;;/q;2*-2;+3;+4. The van der Waals surface area contributed by atoms with E-state index in [1.807, 2.05) is 0 Å². The van der Waals surface area contributed by atoms with E-state index in [1.165, 1.54) is 17.3 Å². The van der Waals surface area contributed by atoms with Crippen LogP contribution in [0, 0.1) is 0 Å². The molecule has 0 aromatic rings. The summed E-state index contributed by atoms with van der Waals surface area (Å²) in [5.74, 6) is 0. The molecule has 0 bridgehead atoms. The average Bonchev–Trinajstić information content (AvgIpc) is 1.41. The number of unbranched alkanes of at least 4 members (excludes halogenated alkanes) is 1. The van der Waals surface area contributed by atoms with Gasteiger partial charge in [0.25, 0.3) is 0 Å². The van der Waals surface area contributed by atoms with Crippen molar-refractivity contribution < 1.29 is 32.7 Å². The van der Waals surface area contributed by atoms with Crippen molar-refractivity contribution in [1.29, 1.82) is 0 Å². The van der Waals surface area contributed by atoms with Gasteiger partial charge in [-0.15, -0.1) is 0 Å². The maximum Gasteiger partial charge on any atom is 4.00 e. The van der Waals surface area contributed by atoms with E-state index in [2.05, 4.69) is 6.92 Å². The molecule has 0 atom stereocenters. The van der Waals surface area contributed by atoms with Gasteiger partial charge in [-0.05, 0) is 0 Å². The summed E-state index contributed by atoms with van der Waals surface area (Å²) in [6, 6.07) is 0. The predicted molar refractivity (Wildman–Crippen MR) is 26.8 cm³/mol. The molecule has 0 aromatic carbocycles. The van der Waals surface area contributed by atoms with Crippen molar-refractivity contribution in [3.8, 4) is 0 Å². The van der Waals surface area contributed by atoms with Gasteiger partial charge in [-0.3, -0.25) is 0 Å². The monoisotopic (exact) mass is 257 g/mol. The van der Waals surface area contributed by atoms with Gasteiger partial charge in [-0.1, -0.05) is 0 Å². The molecule has 0 aliphatic carbocycles. The molecule has 0 amide bonds. The Morgan fingerprint density at radius 2 is 1.62 bits per heavy atom. The van der Waals surface area contributed by atoms with E-state index in [-0.39, 0.29) is 32.7 Å². The van der Waals surface area contributed by atoms with Crippen LogP contribution in [0.5, 0.6) is 0 Å². The molecule has 0 N–H and O–H groups in total. The van der Waals surface area contributed by atoms with Gasteiger partial charge in [0.15, 0.2) is 0 Å². The van der Waals surface area contributed by atoms with Gasteiger partial charge in [0, 0.05) is 0 Å². The molecule has 0 unspecified atom stereocenters. The molecule has 0 saturated carbocycles. The van der Waals surface area contributed by atoms with Crippen molar-refractivity contribution in [2.45, 2.75) is 24.2 Å². The van der Waals surface area contributed by atoms with Crippen molar-refractivity contribution in [1.82, 2.24) is 0 Å². The molecule has 0 heterocycles. The summed E-state index contributed by atoms with van der Waals surface area (Å²) >= 11 is 1.68. The van der Waals surface area contributed by atoms with Gasteiger partial charge in [0.1, 0.15) is 0 Å². The molecule has 0 aromatic heterocycles. The van der Waals surface area contributed by atoms with E-state index >= 15 is 0 Å². The molecule has 0 fully saturated rings. The number of hydrogen-bond donors (Lipinski definition) is 0. The summed E-state index contributed by atoms with van der Waals surface area (Å²) < 4.78 is 1.43. The molecular formula is C4H9O2SnTi+3. The van der Waals surface area contributed by atoms with E-state index in [0.717, 1.165) is 0 Å². The summed E-state index contributed by atoms with van der Waals surface area (Å²) in [5.41, 5.74) is 0. The second kappa shape index (κ2) is 23.7. The van der Waals surface area contributed by atoms with Gasteiger partial charge in [0.05, 0.1) is 0 Å². The van der Waals surface area contributed by atoms with Crippen LogP contribution < -0.4 is 0 Å². The van der Waals surface area contributed by atoms with E-state index in [4.69, 9.17) is 0 Å². The van der Waals surface area contributed by atoms with Gasteiger partial charge in [-0.25, -0.2) is 0 Å². The summed E-state index contributed by atoms with van der Waals surface area (Å²) in [6.45, 7) is 2.23. The minimum absolute atomic E-state index is 0. The Bertz CT molecular complexity index is 21.5. The Morgan fingerprint density at radius 1 is 1.25 bits per heavy atom. The molecule has 0 radical (unpaired) electrons. The fraction of sp³-hybridized carbons (Fsp3) is 1.00. The second-order valence-electron chi connectivity index (χ2n) is 1.10. The summed E-state index contributed by atoms with van der Waals surface area (Å²) in [7, 11) is 0. The molecule has 0 aliphatic rings. The van der Waals surface area contributed by atoms with Gasteiger partial charge in [-0.2, -0.15) is 0 Å². The number of rotatable bonds is 2. The Labute approximate surface area is 79.0 Å². The molecule has 0 spiro atoms. The Kier molecular flexibility index (Phi) is 67.4. The van der Waals surface area contributed by atoms with Crippen LogP contribution in [0.2, 0.25) is 4.44 Å². The van der Waals surface area contributed by atoms with Crippen molar-refractivity contribution in [2.75, 3.05) is 0 Å². The zero-order valence-electron chi connectivity index (χ0n) is 4.94. The Hall–Kier alpha value is 1.43. The predicted octanol–water partition coefficient (Wildman–Crippen LogP) is 1.13. The van der Waals surface area contributed by atoms with Crippen LogP contribution in [0.15, 0.2) is 0 Å². The van der Waals surface area contributed by atoms with E-state index in [9.17, 15) is 0 Å². The Morgan fingerprint density at radius 3 is 1.62 bits per heavy atom. The smallest absolute Gasteiger partial charge is 2.00 e. The molecular weight excluding hydrogens is 247 g/mol. The third-order valence-corrected chi connectivity index (χ3v) is 1.54. The van der Waals surface area contributed by atoms with Crippen LogP contribution in [0.4, 0.5) is 0 Å². The van der Waals surface area contributed by atoms with Crippen molar-refractivity contribution in [2.24, 2.45) is 0 Å². The quantitative estimate of drug-likeness (QED) is 0.665. The maximum atomic E-state index is 2.23. The zero-order valence-corrected chi connectivity index (χ0v) is 9.35. The molecule has 0 saturated heterocycles. The molecule has 42 valence electrons. The summed E-state index contributed by atoms with van der Waals surface area (Å²) in [6.07, 6.45) is 2.80. The van der Waals surface area contributed by atoms with Gasteiger partial charge < -0.3 is 11.0 Å². The topological polar surface area (TPSA) is 57.0 Å². The fourth-order valence-corrected chi connectivity index (χ4v) is 1.19. The SMILES string of the molecule is CCC[CH2][Sn+3].[O-2].[O-2].[Ti+4]. The van der Waals surface area contributed by atoms with Crippen LogP contribution in [-0.2, 0) is 32.7 Å². The molecule has 2 nitrogen and oxygen atoms in total. The molecule has 4 heteroatoms. The fourth-order valence-electron chi connectivity index (χ4n) is 0.177. The first kappa shape index (κ1) is 22.7. The van der Waals surface area contributed by atoms with Crippen LogP contribution in [0.3, 0.4) is 0 Å². The normalized spacial score (nSPS) is 5.38. The minimum atomic E-state index is 0. The maximum absolute atomic E-state index is 2.23. The van der Waals surface area contributed by atoms with Crippen LogP contribution in [-0.4, -0.2) is 22.5 Å². The largest absolute Gasteiger partial charge is 4.00 e. The van der Waals surface area contributed by atoms with Crippen molar-refractivity contribution in [3.63, 3.8) is 0 Å². The van der Waals surface area contributed by atoms with Crippen molar-refractivity contribution >= 4 is 22.5 Å². The van der Waals surface area contributed by atoms with E-state index in [1.54, 1.807) is 22.5 Å². The third kappa shape index (κ3) is 26.1. The van der Waals surface area contributed by atoms with Gasteiger partial charge in [0.2, 0.25) is 0 Å². The van der Waals surface area contributed by atoms with Crippen LogP contribution in [0.25, 0.3) is 0 Å². The minimum Gasteiger partial charge on any atom is -2.00 e. The van der Waals surface area contributed by atoms with E-state index in [0.29, 0.717) is 0 Å². The first-order chi connectivity index (χ1) is 2.41. The van der Waals surface area contributed by atoms with Crippen LogP contribution in [0.1, 0.15) is 19.8 Å². The summed E-state index contributed by atoms with van der Waals surface area (Å²) in [5, 5.41) is 0. The molecule has 0 rings (SSSR count). The summed E-state index contributed by atoms with van der Waals surface area (Å²) in [4.78, 5) is 0. The van der Waals surface area contributed by atoms with Gasteiger partial charge >= 0.3 is 68.4 Å². The first-order valence-electron chi connectivity index (χ1n) is 2.06. The second-order valence-corrected chi connectivity index (χ2v) is 2.53. The molecule has 0 aliphatic heterocycles. The number of hydrogen-bond acceptors (Lipinski definition) is 0. The first-order valence-corrected chi connectivity index (χ1v) is 4.08. The van der Waals surface area contributed by atoms with E-state index < -0.39 is 0 Å². The average molecular weight is 256 g/mol. The zero-order chi connectivity index (χ0) is 4.12. The Balaban J connectivity index is -0.0000000267. The van der Waals surface area contributed by atoms with Crippen molar-refractivity contribution in [3.05, 3.63) is 0 Å². The third-order valence-electron chi connectivity index (χ3n) is 0.530.